The van der Waals surface area contributed by atoms with E-state index in [4.69, 9.17) is 0 Å². The van der Waals surface area contributed by atoms with Crippen molar-refractivity contribution in [3.05, 3.63) is 35.9 Å². The molecular weight excluding hydrogens is 212 g/mol. The number of urea groups is 1. The highest BCUT2D eigenvalue weighted by atomic mass is 16.2. The first-order valence-corrected chi connectivity index (χ1v) is 6.30. The first-order valence-electron chi connectivity index (χ1n) is 6.30. The van der Waals surface area contributed by atoms with Crippen LogP contribution in [-0.2, 0) is 6.42 Å². The van der Waals surface area contributed by atoms with Crippen LogP contribution in [0.2, 0.25) is 0 Å². The van der Waals surface area contributed by atoms with Gasteiger partial charge in [0.15, 0.2) is 0 Å². The first kappa shape index (κ1) is 13.6. The molecule has 1 unspecified atom stereocenters. The summed E-state index contributed by atoms with van der Waals surface area (Å²) in [7, 11) is 0. The highest BCUT2D eigenvalue weighted by molar-refractivity contribution is 5.74. The van der Waals surface area contributed by atoms with Crippen LogP contribution in [-0.4, -0.2) is 18.6 Å². The van der Waals surface area contributed by atoms with E-state index in [0.29, 0.717) is 0 Å². The molecule has 2 N–H and O–H groups in total. The lowest BCUT2D eigenvalue weighted by atomic mass is 10.1. The maximum absolute atomic E-state index is 11.5. The van der Waals surface area contributed by atoms with Gasteiger partial charge in [-0.2, -0.15) is 0 Å². The maximum atomic E-state index is 11.5. The highest BCUT2D eigenvalue weighted by Crippen LogP contribution is 2.02. The van der Waals surface area contributed by atoms with E-state index < -0.39 is 0 Å². The van der Waals surface area contributed by atoms with Gasteiger partial charge in [-0.15, -0.1) is 0 Å². The van der Waals surface area contributed by atoms with Gasteiger partial charge in [0.2, 0.25) is 0 Å². The summed E-state index contributed by atoms with van der Waals surface area (Å²) in [6.07, 6.45) is 2.99. The molecule has 2 amide bonds. The van der Waals surface area contributed by atoms with Crippen molar-refractivity contribution >= 4 is 6.03 Å². The van der Waals surface area contributed by atoms with Gasteiger partial charge in [-0.3, -0.25) is 0 Å². The summed E-state index contributed by atoms with van der Waals surface area (Å²) < 4.78 is 0. The minimum atomic E-state index is -0.0677. The van der Waals surface area contributed by atoms with E-state index in [0.717, 1.165) is 25.8 Å². The Labute approximate surface area is 104 Å². The summed E-state index contributed by atoms with van der Waals surface area (Å²) >= 11 is 0. The summed E-state index contributed by atoms with van der Waals surface area (Å²) in [6, 6.07) is 10.3. The van der Waals surface area contributed by atoms with Crippen molar-refractivity contribution in [2.75, 3.05) is 6.54 Å². The summed E-state index contributed by atoms with van der Waals surface area (Å²) in [5.41, 5.74) is 1.24. The number of rotatable bonds is 6. The molecule has 0 fully saturated rings. The lowest BCUT2D eigenvalue weighted by Gasteiger charge is -2.14. The molecule has 3 heteroatoms. The molecule has 0 heterocycles. The minimum absolute atomic E-state index is 0.0677. The largest absolute Gasteiger partial charge is 0.338 e. The van der Waals surface area contributed by atoms with Gasteiger partial charge in [0.05, 0.1) is 0 Å². The van der Waals surface area contributed by atoms with Crippen LogP contribution in [0.1, 0.15) is 32.3 Å². The number of unbranched alkanes of at least 4 members (excludes halogenated alkanes) is 1. The normalized spacial score (nSPS) is 11.9. The molecule has 0 aliphatic carbocycles. The molecule has 1 aromatic carbocycles. The van der Waals surface area contributed by atoms with Crippen LogP contribution < -0.4 is 10.6 Å². The topological polar surface area (TPSA) is 41.1 Å². The Balaban J connectivity index is 2.25. The monoisotopic (exact) mass is 234 g/mol. The van der Waals surface area contributed by atoms with Gasteiger partial charge in [-0.25, -0.2) is 4.79 Å². The average molecular weight is 234 g/mol. The Kier molecular flexibility index (Phi) is 6.15. The molecule has 1 aromatic rings. The van der Waals surface area contributed by atoms with E-state index in [1.165, 1.54) is 5.56 Å². The number of benzene rings is 1. The van der Waals surface area contributed by atoms with Crippen LogP contribution in [0.3, 0.4) is 0 Å². The van der Waals surface area contributed by atoms with E-state index >= 15 is 0 Å². The molecule has 1 rings (SSSR count). The molecule has 3 nitrogen and oxygen atoms in total. The van der Waals surface area contributed by atoms with Crippen molar-refractivity contribution in [2.24, 2.45) is 0 Å². The highest BCUT2D eigenvalue weighted by Gasteiger charge is 2.06. The van der Waals surface area contributed by atoms with E-state index in [1.807, 2.05) is 25.1 Å². The van der Waals surface area contributed by atoms with Crippen molar-refractivity contribution in [3.63, 3.8) is 0 Å². The van der Waals surface area contributed by atoms with E-state index in [2.05, 4.69) is 29.7 Å². The predicted octanol–water partition coefficient (Wildman–Crippen LogP) is 2.72. The second kappa shape index (κ2) is 7.71. The third kappa shape index (κ3) is 5.95. The lowest BCUT2D eigenvalue weighted by Crippen LogP contribution is -2.41. The maximum Gasteiger partial charge on any atom is 0.315 e. The number of nitrogens with one attached hydrogen (secondary N) is 2. The number of hydrogen-bond acceptors (Lipinski definition) is 1. The second-order valence-corrected chi connectivity index (χ2v) is 4.34. The molecule has 0 saturated heterocycles. The Bertz CT molecular complexity index is 324. The Morgan fingerprint density at radius 1 is 1.29 bits per heavy atom. The molecule has 0 radical (unpaired) electrons. The summed E-state index contributed by atoms with van der Waals surface area (Å²) in [5, 5.41) is 5.79. The number of amides is 2. The SMILES string of the molecule is CCCCNC(=O)NC(C)Cc1ccccc1. The molecule has 0 aromatic heterocycles. The fourth-order valence-electron chi connectivity index (χ4n) is 1.67. The first-order chi connectivity index (χ1) is 8.22. The third-order valence-electron chi connectivity index (χ3n) is 2.58. The number of carbonyl (C=O) groups excluding carboxylic acids is 1. The van der Waals surface area contributed by atoms with Crippen molar-refractivity contribution < 1.29 is 4.79 Å². The summed E-state index contributed by atoms with van der Waals surface area (Å²) in [4.78, 5) is 11.5. The summed E-state index contributed by atoms with van der Waals surface area (Å²) in [5.74, 6) is 0. The standard InChI is InChI=1S/C14H22N2O/c1-3-4-10-15-14(17)16-12(2)11-13-8-6-5-7-9-13/h5-9,12H,3-4,10-11H2,1-2H3,(H2,15,16,17). The number of carbonyl (C=O) groups is 1. The smallest absolute Gasteiger partial charge is 0.315 e. The van der Waals surface area contributed by atoms with Crippen molar-refractivity contribution in [1.29, 1.82) is 0 Å². The molecule has 0 aliphatic rings. The molecule has 0 saturated carbocycles. The molecule has 1 atom stereocenters. The Morgan fingerprint density at radius 2 is 2.00 bits per heavy atom. The van der Waals surface area contributed by atoms with Crippen LogP contribution in [0, 0.1) is 0 Å². The Morgan fingerprint density at radius 3 is 2.65 bits per heavy atom. The molecular formula is C14H22N2O. The third-order valence-corrected chi connectivity index (χ3v) is 2.58. The zero-order valence-corrected chi connectivity index (χ0v) is 10.7. The van der Waals surface area contributed by atoms with Crippen LogP contribution in [0.5, 0.6) is 0 Å². The predicted molar refractivity (Wildman–Crippen MR) is 71.1 cm³/mol. The summed E-state index contributed by atoms with van der Waals surface area (Å²) in [6.45, 7) is 4.88. The molecule has 0 spiro atoms. The second-order valence-electron chi connectivity index (χ2n) is 4.34. The van der Waals surface area contributed by atoms with Gasteiger partial charge in [0, 0.05) is 12.6 Å². The molecule has 0 bridgehead atoms. The van der Waals surface area contributed by atoms with E-state index in [-0.39, 0.29) is 12.1 Å². The fourth-order valence-corrected chi connectivity index (χ4v) is 1.67. The average Bonchev–Trinajstić information content (AvgIpc) is 2.30. The zero-order chi connectivity index (χ0) is 12.5. The van der Waals surface area contributed by atoms with Crippen molar-refractivity contribution in [1.82, 2.24) is 10.6 Å². The molecule has 17 heavy (non-hydrogen) atoms. The van der Waals surface area contributed by atoms with Gasteiger partial charge in [0.1, 0.15) is 0 Å². The quantitative estimate of drug-likeness (QED) is 0.730. The minimum Gasteiger partial charge on any atom is -0.338 e. The van der Waals surface area contributed by atoms with Crippen LogP contribution in [0.15, 0.2) is 30.3 Å². The van der Waals surface area contributed by atoms with Gasteiger partial charge in [0.25, 0.3) is 0 Å². The number of hydrogen-bond donors (Lipinski definition) is 2. The lowest BCUT2D eigenvalue weighted by molar-refractivity contribution is 0.237. The Hall–Kier alpha value is -1.51. The molecule has 94 valence electrons. The van der Waals surface area contributed by atoms with Crippen LogP contribution in [0.4, 0.5) is 4.79 Å². The van der Waals surface area contributed by atoms with Gasteiger partial charge >= 0.3 is 6.03 Å². The van der Waals surface area contributed by atoms with Crippen LogP contribution in [0.25, 0.3) is 0 Å². The van der Waals surface area contributed by atoms with Crippen LogP contribution >= 0.6 is 0 Å². The zero-order valence-electron chi connectivity index (χ0n) is 10.7. The molecule has 0 aliphatic heterocycles. The van der Waals surface area contributed by atoms with Crippen molar-refractivity contribution in [3.8, 4) is 0 Å². The fraction of sp³-hybridized carbons (Fsp3) is 0.500. The van der Waals surface area contributed by atoms with E-state index in [1.54, 1.807) is 0 Å². The van der Waals surface area contributed by atoms with Gasteiger partial charge < -0.3 is 10.6 Å². The van der Waals surface area contributed by atoms with Crippen molar-refractivity contribution in [2.45, 2.75) is 39.2 Å². The van der Waals surface area contributed by atoms with Gasteiger partial charge in [-0.1, -0.05) is 43.7 Å². The van der Waals surface area contributed by atoms with Gasteiger partial charge in [-0.05, 0) is 25.3 Å². The van der Waals surface area contributed by atoms with E-state index in [9.17, 15) is 4.79 Å².